The van der Waals surface area contributed by atoms with E-state index in [4.69, 9.17) is 26.2 Å². The van der Waals surface area contributed by atoms with E-state index in [0.29, 0.717) is 29.0 Å². The summed E-state index contributed by atoms with van der Waals surface area (Å²) in [5, 5.41) is 11.8. The van der Waals surface area contributed by atoms with Crippen molar-refractivity contribution in [2.45, 2.75) is 6.92 Å². The fraction of sp³-hybridized carbons (Fsp3) is 0.158. The Balaban J connectivity index is 1.56. The van der Waals surface area contributed by atoms with Crippen molar-refractivity contribution in [3.05, 3.63) is 64.1 Å². The molecule has 0 aliphatic rings. The van der Waals surface area contributed by atoms with E-state index in [1.165, 1.54) is 16.7 Å². The number of thiazole rings is 1. The van der Waals surface area contributed by atoms with Gasteiger partial charge in [0.25, 0.3) is 0 Å². The Labute approximate surface area is 159 Å². The van der Waals surface area contributed by atoms with Crippen molar-refractivity contribution < 1.29 is 19.4 Å². The van der Waals surface area contributed by atoms with Crippen LogP contribution in [0.1, 0.15) is 16.1 Å². The summed E-state index contributed by atoms with van der Waals surface area (Å²) in [5.74, 6) is 0.383. The van der Waals surface area contributed by atoms with Crippen molar-refractivity contribution in [2.24, 2.45) is 0 Å². The number of carboxylic acids is 1. The zero-order valence-corrected chi connectivity index (χ0v) is 15.5. The van der Waals surface area contributed by atoms with Gasteiger partial charge in [0.2, 0.25) is 0 Å². The van der Waals surface area contributed by atoms with E-state index < -0.39 is 5.97 Å². The Hall–Kier alpha value is -2.57. The van der Waals surface area contributed by atoms with Crippen molar-refractivity contribution >= 4 is 28.9 Å². The first-order valence-corrected chi connectivity index (χ1v) is 9.10. The first-order valence-electron chi connectivity index (χ1n) is 7.84. The molecule has 26 heavy (non-hydrogen) atoms. The van der Waals surface area contributed by atoms with E-state index in [1.807, 2.05) is 43.3 Å². The van der Waals surface area contributed by atoms with E-state index in [9.17, 15) is 4.79 Å². The minimum absolute atomic E-state index is 0.0444. The van der Waals surface area contributed by atoms with E-state index in [1.54, 1.807) is 6.07 Å². The van der Waals surface area contributed by atoms with Crippen LogP contribution in [0.15, 0.2) is 47.8 Å². The Morgan fingerprint density at radius 3 is 2.54 bits per heavy atom. The molecule has 5 nitrogen and oxygen atoms in total. The van der Waals surface area contributed by atoms with Crippen molar-refractivity contribution in [2.75, 3.05) is 13.2 Å². The molecular weight excluding hydrogens is 374 g/mol. The first-order chi connectivity index (χ1) is 12.5. The maximum Gasteiger partial charge on any atom is 0.355 e. The second-order valence-corrected chi connectivity index (χ2v) is 6.74. The van der Waals surface area contributed by atoms with Gasteiger partial charge in [0.05, 0.1) is 0 Å². The van der Waals surface area contributed by atoms with Gasteiger partial charge in [0.1, 0.15) is 29.7 Å². The monoisotopic (exact) mass is 389 g/mol. The number of hydrogen-bond donors (Lipinski definition) is 1. The average Bonchev–Trinajstić information content (AvgIpc) is 3.12. The van der Waals surface area contributed by atoms with Crippen molar-refractivity contribution in [1.82, 2.24) is 4.98 Å². The topological polar surface area (TPSA) is 68.7 Å². The lowest BCUT2D eigenvalue weighted by molar-refractivity contribution is 0.0691. The molecule has 1 aromatic heterocycles. The molecule has 0 bridgehead atoms. The zero-order valence-electron chi connectivity index (χ0n) is 13.9. The summed E-state index contributed by atoms with van der Waals surface area (Å²) >= 11 is 7.27. The molecule has 0 saturated carbocycles. The summed E-state index contributed by atoms with van der Waals surface area (Å²) in [6.07, 6.45) is 0. The van der Waals surface area contributed by atoms with Gasteiger partial charge < -0.3 is 14.6 Å². The average molecular weight is 390 g/mol. The van der Waals surface area contributed by atoms with Crippen LogP contribution in [0.25, 0.3) is 10.6 Å². The van der Waals surface area contributed by atoms with Gasteiger partial charge in [-0.05, 0) is 42.8 Å². The molecule has 3 rings (SSSR count). The van der Waals surface area contributed by atoms with E-state index >= 15 is 0 Å². The fourth-order valence-corrected chi connectivity index (χ4v) is 3.16. The second-order valence-electron chi connectivity index (χ2n) is 5.48. The molecule has 0 spiro atoms. The minimum Gasteiger partial charge on any atom is -0.490 e. The SMILES string of the molecule is Cc1cc(OCCOc2cccc(-c3nc(C(=O)O)cs3)c2)ccc1Cl. The molecule has 0 atom stereocenters. The summed E-state index contributed by atoms with van der Waals surface area (Å²) in [7, 11) is 0. The molecule has 7 heteroatoms. The van der Waals surface area contributed by atoms with Crippen LogP contribution in [0.4, 0.5) is 0 Å². The van der Waals surface area contributed by atoms with Crippen molar-refractivity contribution in [3.63, 3.8) is 0 Å². The van der Waals surface area contributed by atoms with Crippen LogP contribution in [-0.4, -0.2) is 29.3 Å². The Bertz CT molecular complexity index is 925. The second kappa shape index (κ2) is 8.21. The molecule has 0 saturated heterocycles. The number of aryl methyl sites for hydroxylation is 1. The molecule has 0 amide bonds. The number of carboxylic acid groups (broad SMARTS) is 1. The first kappa shape index (κ1) is 18.2. The zero-order chi connectivity index (χ0) is 18.5. The van der Waals surface area contributed by atoms with Crippen LogP contribution in [0.3, 0.4) is 0 Å². The fourth-order valence-electron chi connectivity index (χ4n) is 2.25. The van der Waals surface area contributed by atoms with Crippen LogP contribution in [0.5, 0.6) is 11.5 Å². The Kier molecular flexibility index (Phi) is 5.75. The highest BCUT2D eigenvalue weighted by Gasteiger charge is 2.10. The van der Waals surface area contributed by atoms with Crippen LogP contribution in [0, 0.1) is 6.92 Å². The minimum atomic E-state index is -1.03. The number of rotatable bonds is 7. The molecular formula is C19H16ClNO4S. The molecule has 0 aliphatic carbocycles. The third-order valence-corrected chi connectivity index (χ3v) is 4.87. The summed E-state index contributed by atoms with van der Waals surface area (Å²) in [6.45, 7) is 2.70. The highest BCUT2D eigenvalue weighted by atomic mass is 35.5. The molecule has 134 valence electrons. The van der Waals surface area contributed by atoms with Gasteiger partial charge in [-0.25, -0.2) is 9.78 Å². The maximum absolute atomic E-state index is 10.9. The number of hydrogen-bond acceptors (Lipinski definition) is 5. The van der Waals surface area contributed by atoms with Gasteiger partial charge in [-0.3, -0.25) is 0 Å². The summed E-state index contributed by atoms with van der Waals surface area (Å²) < 4.78 is 11.4. The van der Waals surface area contributed by atoms with Crippen LogP contribution < -0.4 is 9.47 Å². The number of carbonyl (C=O) groups is 1. The number of ether oxygens (including phenoxy) is 2. The maximum atomic E-state index is 10.9. The molecule has 0 unspecified atom stereocenters. The quantitative estimate of drug-likeness (QED) is 0.580. The predicted molar refractivity (Wildman–Crippen MR) is 102 cm³/mol. The molecule has 0 aliphatic heterocycles. The van der Waals surface area contributed by atoms with Crippen LogP contribution in [0.2, 0.25) is 5.02 Å². The van der Waals surface area contributed by atoms with Crippen molar-refractivity contribution in [3.8, 4) is 22.1 Å². The molecule has 1 heterocycles. The number of aromatic nitrogens is 1. The summed E-state index contributed by atoms with van der Waals surface area (Å²) in [4.78, 5) is 15.0. The van der Waals surface area contributed by atoms with Gasteiger partial charge in [-0.15, -0.1) is 11.3 Å². The predicted octanol–water partition coefficient (Wildman–Crippen LogP) is 4.93. The van der Waals surface area contributed by atoms with Gasteiger partial charge in [0.15, 0.2) is 5.69 Å². The van der Waals surface area contributed by atoms with Gasteiger partial charge >= 0.3 is 5.97 Å². The lowest BCUT2D eigenvalue weighted by Gasteiger charge is -2.10. The Morgan fingerprint density at radius 1 is 1.15 bits per heavy atom. The molecule has 2 aromatic carbocycles. The van der Waals surface area contributed by atoms with E-state index in [-0.39, 0.29) is 5.69 Å². The lowest BCUT2D eigenvalue weighted by Crippen LogP contribution is -2.09. The highest BCUT2D eigenvalue weighted by molar-refractivity contribution is 7.13. The van der Waals surface area contributed by atoms with E-state index in [0.717, 1.165) is 16.9 Å². The van der Waals surface area contributed by atoms with Gasteiger partial charge in [-0.2, -0.15) is 0 Å². The van der Waals surface area contributed by atoms with Crippen molar-refractivity contribution in [1.29, 1.82) is 0 Å². The summed E-state index contributed by atoms with van der Waals surface area (Å²) in [5.41, 5.74) is 1.82. The standard InChI is InChI=1S/C19H16ClNO4S/c1-12-9-15(5-6-16(12)20)25-8-7-24-14-4-2-3-13(10-14)18-21-17(11-26-18)19(22)23/h2-6,9-11H,7-8H2,1H3,(H,22,23). The van der Waals surface area contributed by atoms with Crippen LogP contribution >= 0.6 is 22.9 Å². The smallest absolute Gasteiger partial charge is 0.355 e. The normalized spacial score (nSPS) is 10.5. The third-order valence-electron chi connectivity index (χ3n) is 3.55. The highest BCUT2D eigenvalue weighted by Crippen LogP contribution is 2.27. The molecule has 0 radical (unpaired) electrons. The molecule has 3 aromatic rings. The molecule has 0 fully saturated rings. The number of benzene rings is 2. The number of aromatic carboxylic acids is 1. The largest absolute Gasteiger partial charge is 0.490 e. The Morgan fingerprint density at radius 2 is 1.88 bits per heavy atom. The van der Waals surface area contributed by atoms with Gasteiger partial charge in [0, 0.05) is 16.0 Å². The third kappa shape index (κ3) is 4.53. The molecule has 1 N–H and O–H groups in total. The van der Waals surface area contributed by atoms with Crippen LogP contribution in [-0.2, 0) is 0 Å². The number of halogens is 1. The lowest BCUT2D eigenvalue weighted by atomic mass is 10.2. The van der Waals surface area contributed by atoms with E-state index in [2.05, 4.69) is 4.98 Å². The number of nitrogens with zero attached hydrogens (tertiary/aromatic N) is 1. The van der Waals surface area contributed by atoms with Gasteiger partial charge in [-0.1, -0.05) is 23.7 Å². The summed E-state index contributed by atoms with van der Waals surface area (Å²) in [6, 6.07) is 12.9.